The second-order valence-electron chi connectivity index (χ2n) is 5.14. The number of nitro groups is 1. The maximum absolute atomic E-state index is 12.1. The van der Waals surface area contributed by atoms with E-state index in [1.54, 1.807) is 0 Å². The first-order valence-electron chi connectivity index (χ1n) is 6.62. The number of nitrogens with one attached hydrogen (secondary N) is 1. The number of hydrogen-bond acceptors (Lipinski definition) is 5. The molecule has 0 aromatic heterocycles. The van der Waals surface area contributed by atoms with Gasteiger partial charge in [-0.1, -0.05) is 13.8 Å². The minimum Gasteiger partial charge on any atom is -0.490 e. The number of methoxy groups -OCH3 is 1. The summed E-state index contributed by atoms with van der Waals surface area (Å²) in [5.41, 5.74) is -0.173. The van der Waals surface area contributed by atoms with E-state index in [9.17, 15) is 19.7 Å². The molecule has 8 nitrogen and oxygen atoms in total. The van der Waals surface area contributed by atoms with Gasteiger partial charge < -0.3 is 15.2 Å². The van der Waals surface area contributed by atoms with Gasteiger partial charge in [0.05, 0.1) is 12.0 Å². The van der Waals surface area contributed by atoms with Crippen LogP contribution in [0.25, 0.3) is 0 Å². The lowest BCUT2D eigenvalue weighted by Crippen LogP contribution is -2.41. The van der Waals surface area contributed by atoms with E-state index in [2.05, 4.69) is 5.32 Å². The Hall–Kier alpha value is -2.64. The van der Waals surface area contributed by atoms with Gasteiger partial charge in [-0.25, -0.2) is 4.79 Å². The predicted molar refractivity (Wildman–Crippen MR) is 78.0 cm³/mol. The summed E-state index contributed by atoms with van der Waals surface area (Å²) in [6.07, 6.45) is 0.283. The lowest BCUT2D eigenvalue weighted by Gasteiger charge is -2.16. The van der Waals surface area contributed by atoms with Gasteiger partial charge in [0.2, 0.25) is 0 Å². The van der Waals surface area contributed by atoms with Crippen LogP contribution in [0.3, 0.4) is 0 Å². The summed E-state index contributed by atoms with van der Waals surface area (Å²) >= 11 is 0. The van der Waals surface area contributed by atoms with Crippen LogP contribution >= 0.6 is 0 Å². The Balaban J connectivity index is 2.97. The molecule has 1 aromatic rings. The standard InChI is InChI=1S/C14H18N2O6/c1-8(2)6-10(14(18)19)15-13(17)9-4-5-11(16(20)21)12(7-9)22-3/h4-5,7-8,10H,6H2,1-3H3,(H,15,17)(H,18,19). The number of carbonyl (C=O) groups is 2. The zero-order valence-electron chi connectivity index (χ0n) is 12.5. The number of amides is 1. The number of rotatable bonds is 7. The Morgan fingerprint density at radius 3 is 2.50 bits per heavy atom. The molecular formula is C14H18N2O6. The number of carboxylic acids is 1. The molecule has 22 heavy (non-hydrogen) atoms. The SMILES string of the molecule is COc1cc(C(=O)NC(CC(C)C)C(=O)O)ccc1[N+](=O)[O-]. The molecule has 2 N–H and O–H groups in total. The molecule has 1 aromatic carbocycles. The molecule has 1 rings (SSSR count). The summed E-state index contributed by atoms with van der Waals surface area (Å²) in [6, 6.07) is 2.59. The van der Waals surface area contributed by atoms with E-state index in [1.165, 1.54) is 19.2 Å². The Morgan fingerprint density at radius 1 is 1.41 bits per heavy atom. The van der Waals surface area contributed by atoms with Crippen LogP contribution in [0.1, 0.15) is 30.6 Å². The second kappa shape index (κ2) is 7.39. The van der Waals surface area contributed by atoms with Gasteiger partial charge in [0.25, 0.3) is 5.91 Å². The van der Waals surface area contributed by atoms with Gasteiger partial charge in [-0.3, -0.25) is 14.9 Å². The molecule has 1 amide bonds. The first-order chi connectivity index (χ1) is 10.3. The van der Waals surface area contributed by atoms with Gasteiger partial charge in [-0.15, -0.1) is 0 Å². The average Bonchev–Trinajstić information content (AvgIpc) is 2.44. The number of ether oxygens (including phenoxy) is 1. The number of nitro benzene ring substituents is 1. The van der Waals surface area contributed by atoms with Crippen molar-refractivity contribution in [2.24, 2.45) is 5.92 Å². The van der Waals surface area contributed by atoms with Crippen LogP contribution < -0.4 is 10.1 Å². The Bertz CT molecular complexity index is 585. The van der Waals surface area contributed by atoms with Crippen LogP contribution in [0.15, 0.2) is 18.2 Å². The van der Waals surface area contributed by atoms with E-state index in [1.807, 2.05) is 13.8 Å². The molecule has 1 unspecified atom stereocenters. The first-order valence-corrected chi connectivity index (χ1v) is 6.62. The summed E-state index contributed by atoms with van der Waals surface area (Å²) < 4.78 is 4.88. The molecule has 0 bridgehead atoms. The van der Waals surface area contributed by atoms with E-state index in [0.717, 1.165) is 6.07 Å². The molecule has 0 spiro atoms. The maximum atomic E-state index is 12.1. The smallest absolute Gasteiger partial charge is 0.326 e. The lowest BCUT2D eigenvalue weighted by atomic mass is 10.0. The summed E-state index contributed by atoms with van der Waals surface area (Å²) in [5, 5.41) is 22.3. The van der Waals surface area contributed by atoms with Gasteiger partial charge in [0.15, 0.2) is 5.75 Å². The molecule has 0 aliphatic rings. The summed E-state index contributed by atoms with van der Waals surface area (Å²) in [5.74, 6) is -1.72. The summed E-state index contributed by atoms with van der Waals surface area (Å²) in [4.78, 5) is 33.4. The zero-order valence-corrected chi connectivity index (χ0v) is 12.5. The number of carbonyl (C=O) groups excluding carboxylic acids is 1. The van der Waals surface area contributed by atoms with Gasteiger partial charge in [-0.05, 0) is 18.4 Å². The van der Waals surface area contributed by atoms with Crippen LogP contribution in [0.2, 0.25) is 0 Å². The van der Waals surface area contributed by atoms with Gasteiger partial charge in [0.1, 0.15) is 6.04 Å². The highest BCUT2D eigenvalue weighted by atomic mass is 16.6. The summed E-state index contributed by atoms with van der Waals surface area (Å²) in [6.45, 7) is 3.69. The molecule has 0 saturated carbocycles. The van der Waals surface area contributed by atoms with Crippen molar-refractivity contribution in [2.75, 3.05) is 7.11 Å². The molecule has 0 aliphatic carbocycles. The zero-order chi connectivity index (χ0) is 16.9. The predicted octanol–water partition coefficient (Wildman–Crippen LogP) is 1.83. The molecule has 0 saturated heterocycles. The highest BCUT2D eigenvalue weighted by Crippen LogP contribution is 2.27. The Labute approximate surface area is 127 Å². The lowest BCUT2D eigenvalue weighted by molar-refractivity contribution is -0.385. The van der Waals surface area contributed by atoms with E-state index in [0.29, 0.717) is 0 Å². The molecule has 0 fully saturated rings. The van der Waals surface area contributed by atoms with E-state index in [4.69, 9.17) is 9.84 Å². The normalized spacial score (nSPS) is 11.8. The largest absolute Gasteiger partial charge is 0.490 e. The summed E-state index contributed by atoms with van der Waals surface area (Å²) in [7, 11) is 1.25. The van der Waals surface area contributed by atoms with Crippen molar-refractivity contribution >= 4 is 17.6 Å². The molecule has 1 atom stereocenters. The highest BCUT2D eigenvalue weighted by Gasteiger charge is 2.23. The maximum Gasteiger partial charge on any atom is 0.326 e. The minimum absolute atomic E-state index is 0.0617. The monoisotopic (exact) mass is 310 g/mol. The van der Waals surface area contributed by atoms with Crippen molar-refractivity contribution in [3.05, 3.63) is 33.9 Å². The third-order valence-corrected chi connectivity index (χ3v) is 2.95. The van der Waals surface area contributed by atoms with Gasteiger partial charge >= 0.3 is 11.7 Å². The molecule has 120 valence electrons. The third-order valence-electron chi connectivity index (χ3n) is 2.95. The van der Waals surface area contributed by atoms with E-state index >= 15 is 0 Å². The number of hydrogen-bond donors (Lipinski definition) is 2. The van der Waals surface area contributed by atoms with Crippen LogP contribution in [0.4, 0.5) is 5.69 Å². The quantitative estimate of drug-likeness (QED) is 0.586. The highest BCUT2D eigenvalue weighted by molar-refractivity contribution is 5.97. The molecule has 0 heterocycles. The van der Waals surface area contributed by atoms with Crippen molar-refractivity contribution < 1.29 is 24.4 Å². The fraction of sp³-hybridized carbons (Fsp3) is 0.429. The number of benzene rings is 1. The van der Waals surface area contributed by atoms with Crippen molar-refractivity contribution in [3.63, 3.8) is 0 Å². The Kier molecular flexibility index (Phi) is 5.85. The van der Waals surface area contributed by atoms with Crippen LogP contribution in [0, 0.1) is 16.0 Å². The number of carboxylic acid groups (broad SMARTS) is 1. The average molecular weight is 310 g/mol. The van der Waals surface area contributed by atoms with Gasteiger partial charge in [0, 0.05) is 17.7 Å². The van der Waals surface area contributed by atoms with Gasteiger partial charge in [-0.2, -0.15) is 0 Å². The number of aliphatic carboxylic acids is 1. The minimum atomic E-state index is -1.13. The third kappa shape index (κ3) is 4.44. The molecule has 8 heteroatoms. The fourth-order valence-electron chi connectivity index (χ4n) is 1.90. The van der Waals surface area contributed by atoms with Crippen molar-refractivity contribution in [3.8, 4) is 5.75 Å². The van der Waals surface area contributed by atoms with Crippen molar-refractivity contribution in [1.29, 1.82) is 0 Å². The topological polar surface area (TPSA) is 119 Å². The number of nitrogens with zero attached hydrogens (tertiary/aromatic N) is 1. The van der Waals surface area contributed by atoms with E-state index in [-0.39, 0.29) is 29.3 Å². The fourth-order valence-corrected chi connectivity index (χ4v) is 1.90. The first kappa shape index (κ1) is 17.4. The second-order valence-corrected chi connectivity index (χ2v) is 5.14. The molecule has 0 aliphatic heterocycles. The van der Waals surface area contributed by atoms with Crippen molar-refractivity contribution in [2.45, 2.75) is 26.3 Å². The van der Waals surface area contributed by atoms with E-state index < -0.39 is 22.8 Å². The molecular weight excluding hydrogens is 292 g/mol. The van der Waals surface area contributed by atoms with Crippen molar-refractivity contribution in [1.82, 2.24) is 5.32 Å². The van der Waals surface area contributed by atoms with Crippen LogP contribution in [-0.2, 0) is 4.79 Å². The van der Waals surface area contributed by atoms with Crippen LogP contribution in [0.5, 0.6) is 5.75 Å². The Morgan fingerprint density at radius 2 is 2.05 bits per heavy atom. The molecule has 0 radical (unpaired) electrons. The van der Waals surface area contributed by atoms with Crippen LogP contribution in [-0.4, -0.2) is 35.1 Å².